The minimum Gasteiger partial charge on any atom is -0.494 e. The number of alkyl halides is 1. The van der Waals surface area contributed by atoms with Crippen molar-refractivity contribution in [2.75, 3.05) is 6.61 Å². The smallest absolute Gasteiger partial charge is 0.131 e. The number of hydrogen-bond donors (Lipinski definition) is 0. The van der Waals surface area contributed by atoms with Crippen LogP contribution in [0.4, 0.5) is 0 Å². The molecule has 0 N–H and O–H groups in total. The lowest BCUT2D eigenvalue weighted by Gasteiger charge is -2.09. The number of halogens is 2. The molecule has 2 nitrogen and oxygen atoms in total. The van der Waals surface area contributed by atoms with Gasteiger partial charge in [0.15, 0.2) is 0 Å². The molecule has 100 valence electrons. The van der Waals surface area contributed by atoms with Gasteiger partial charge in [0.2, 0.25) is 0 Å². The van der Waals surface area contributed by atoms with Crippen LogP contribution in [0.15, 0.2) is 46.9 Å². The molecule has 0 aliphatic carbocycles. The van der Waals surface area contributed by atoms with Gasteiger partial charge in [-0.2, -0.15) is 0 Å². The zero-order valence-corrected chi connectivity index (χ0v) is 12.9. The molecule has 0 unspecified atom stereocenters. The lowest BCUT2D eigenvalue weighted by molar-refractivity contribution is 0.338. The van der Waals surface area contributed by atoms with Crippen LogP contribution in [0.5, 0.6) is 17.2 Å². The molecule has 0 heterocycles. The maximum atomic E-state index is 5.81. The van der Waals surface area contributed by atoms with E-state index in [0.29, 0.717) is 12.5 Å². The summed E-state index contributed by atoms with van der Waals surface area (Å²) in [7, 11) is 0. The SMILES string of the molecule is CCOc1cccc(Oc2ccc(CCl)c(Br)c2)c1. The van der Waals surface area contributed by atoms with E-state index in [2.05, 4.69) is 15.9 Å². The summed E-state index contributed by atoms with van der Waals surface area (Å²) in [4.78, 5) is 0. The Balaban J connectivity index is 2.16. The van der Waals surface area contributed by atoms with E-state index in [4.69, 9.17) is 21.1 Å². The minimum atomic E-state index is 0.473. The van der Waals surface area contributed by atoms with Crippen LogP contribution in [0.3, 0.4) is 0 Å². The summed E-state index contributed by atoms with van der Waals surface area (Å²) in [5.41, 5.74) is 1.04. The van der Waals surface area contributed by atoms with Crippen molar-refractivity contribution >= 4 is 27.5 Å². The zero-order chi connectivity index (χ0) is 13.7. The fraction of sp³-hybridized carbons (Fsp3) is 0.200. The monoisotopic (exact) mass is 340 g/mol. The number of ether oxygens (including phenoxy) is 2. The van der Waals surface area contributed by atoms with Gasteiger partial charge < -0.3 is 9.47 Å². The first-order valence-corrected chi connectivity index (χ1v) is 7.30. The van der Waals surface area contributed by atoms with Crippen molar-refractivity contribution in [3.8, 4) is 17.2 Å². The van der Waals surface area contributed by atoms with Gasteiger partial charge in [0.05, 0.1) is 6.61 Å². The molecule has 0 spiro atoms. The predicted molar refractivity (Wildman–Crippen MR) is 81.4 cm³/mol. The second-order valence-electron chi connectivity index (χ2n) is 3.90. The maximum Gasteiger partial charge on any atom is 0.131 e. The summed E-state index contributed by atoms with van der Waals surface area (Å²) in [6.45, 7) is 2.59. The van der Waals surface area contributed by atoms with E-state index in [9.17, 15) is 0 Å². The van der Waals surface area contributed by atoms with Gasteiger partial charge in [-0.15, -0.1) is 11.6 Å². The average Bonchev–Trinajstić information content (AvgIpc) is 2.40. The molecule has 2 aromatic rings. The van der Waals surface area contributed by atoms with Crippen LogP contribution in [-0.2, 0) is 5.88 Å². The molecule has 0 amide bonds. The Morgan fingerprint density at radius 3 is 2.47 bits per heavy atom. The highest BCUT2D eigenvalue weighted by atomic mass is 79.9. The van der Waals surface area contributed by atoms with Crippen LogP contribution in [0.2, 0.25) is 0 Å². The van der Waals surface area contributed by atoms with Gasteiger partial charge in [-0.3, -0.25) is 0 Å². The van der Waals surface area contributed by atoms with Gasteiger partial charge in [-0.05, 0) is 36.8 Å². The molecule has 0 aliphatic rings. The first-order valence-electron chi connectivity index (χ1n) is 5.98. The summed E-state index contributed by atoms with van der Waals surface area (Å²) in [5.74, 6) is 2.78. The number of rotatable bonds is 5. The van der Waals surface area contributed by atoms with E-state index < -0.39 is 0 Å². The van der Waals surface area contributed by atoms with Crippen molar-refractivity contribution in [3.63, 3.8) is 0 Å². The van der Waals surface area contributed by atoms with Gasteiger partial charge in [0.25, 0.3) is 0 Å². The van der Waals surface area contributed by atoms with E-state index in [0.717, 1.165) is 27.3 Å². The molecule has 0 bridgehead atoms. The van der Waals surface area contributed by atoms with Crippen LogP contribution in [0.25, 0.3) is 0 Å². The summed E-state index contributed by atoms with van der Waals surface area (Å²) in [6.07, 6.45) is 0. The fourth-order valence-corrected chi connectivity index (χ4v) is 2.52. The third-order valence-corrected chi connectivity index (χ3v) is 3.55. The normalized spacial score (nSPS) is 10.3. The van der Waals surface area contributed by atoms with Gasteiger partial charge in [-0.25, -0.2) is 0 Å². The molecule has 0 atom stereocenters. The first-order chi connectivity index (χ1) is 9.22. The topological polar surface area (TPSA) is 18.5 Å². The Morgan fingerprint density at radius 2 is 1.79 bits per heavy atom. The highest BCUT2D eigenvalue weighted by Crippen LogP contribution is 2.29. The van der Waals surface area contributed by atoms with Crippen molar-refractivity contribution in [2.24, 2.45) is 0 Å². The first kappa shape index (κ1) is 14.2. The molecular formula is C15H14BrClO2. The highest BCUT2D eigenvalue weighted by molar-refractivity contribution is 9.10. The third-order valence-electron chi connectivity index (χ3n) is 2.52. The second-order valence-corrected chi connectivity index (χ2v) is 5.02. The molecule has 4 heteroatoms. The van der Waals surface area contributed by atoms with Crippen molar-refractivity contribution in [2.45, 2.75) is 12.8 Å². The average molecular weight is 342 g/mol. The molecule has 2 rings (SSSR count). The Morgan fingerprint density at radius 1 is 1.05 bits per heavy atom. The molecule has 0 saturated heterocycles. The van der Waals surface area contributed by atoms with Gasteiger partial charge in [0, 0.05) is 16.4 Å². The summed E-state index contributed by atoms with van der Waals surface area (Å²) >= 11 is 9.28. The minimum absolute atomic E-state index is 0.473. The van der Waals surface area contributed by atoms with Gasteiger partial charge >= 0.3 is 0 Å². The molecule has 0 fully saturated rings. The molecule has 0 aromatic heterocycles. The van der Waals surface area contributed by atoms with Crippen LogP contribution < -0.4 is 9.47 Å². The molecular weight excluding hydrogens is 328 g/mol. The van der Waals surface area contributed by atoms with Crippen LogP contribution >= 0.6 is 27.5 Å². The van der Waals surface area contributed by atoms with Gasteiger partial charge in [0.1, 0.15) is 17.2 Å². The molecule has 19 heavy (non-hydrogen) atoms. The third kappa shape index (κ3) is 3.88. The summed E-state index contributed by atoms with van der Waals surface area (Å²) in [5, 5.41) is 0. The van der Waals surface area contributed by atoms with Crippen LogP contribution in [-0.4, -0.2) is 6.61 Å². The van der Waals surface area contributed by atoms with Crippen molar-refractivity contribution in [1.29, 1.82) is 0 Å². The van der Waals surface area contributed by atoms with E-state index in [1.807, 2.05) is 49.4 Å². The lowest BCUT2D eigenvalue weighted by Crippen LogP contribution is -1.92. The Hall–Kier alpha value is -1.19. The Kier molecular flexibility index (Phi) is 5.11. The zero-order valence-electron chi connectivity index (χ0n) is 10.5. The molecule has 0 aliphatic heterocycles. The quantitative estimate of drug-likeness (QED) is 0.680. The largest absolute Gasteiger partial charge is 0.494 e. The van der Waals surface area contributed by atoms with E-state index in [1.165, 1.54) is 0 Å². The van der Waals surface area contributed by atoms with Crippen LogP contribution in [0, 0.1) is 0 Å². The van der Waals surface area contributed by atoms with Crippen molar-refractivity contribution in [1.82, 2.24) is 0 Å². The molecule has 0 saturated carbocycles. The standard InChI is InChI=1S/C15H14BrClO2/c1-2-18-12-4-3-5-13(8-12)19-14-7-6-11(10-17)15(16)9-14/h3-9H,2,10H2,1H3. The Bertz CT molecular complexity index is 558. The fourth-order valence-electron chi connectivity index (χ4n) is 1.63. The lowest BCUT2D eigenvalue weighted by atomic mass is 10.2. The van der Waals surface area contributed by atoms with E-state index in [1.54, 1.807) is 0 Å². The van der Waals surface area contributed by atoms with Crippen molar-refractivity contribution in [3.05, 3.63) is 52.5 Å². The van der Waals surface area contributed by atoms with E-state index in [-0.39, 0.29) is 0 Å². The molecule has 0 radical (unpaired) electrons. The van der Waals surface area contributed by atoms with Crippen LogP contribution in [0.1, 0.15) is 12.5 Å². The number of benzene rings is 2. The summed E-state index contributed by atoms with van der Waals surface area (Å²) < 4.78 is 12.2. The van der Waals surface area contributed by atoms with Gasteiger partial charge in [-0.1, -0.05) is 28.1 Å². The Labute approximate surface area is 126 Å². The predicted octanol–water partition coefficient (Wildman–Crippen LogP) is 5.38. The highest BCUT2D eigenvalue weighted by Gasteiger charge is 2.03. The molecule has 2 aromatic carbocycles. The number of hydrogen-bond acceptors (Lipinski definition) is 2. The maximum absolute atomic E-state index is 5.81. The van der Waals surface area contributed by atoms with E-state index >= 15 is 0 Å². The second kappa shape index (κ2) is 6.83. The van der Waals surface area contributed by atoms with Crippen molar-refractivity contribution < 1.29 is 9.47 Å². The summed E-state index contributed by atoms with van der Waals surface area (Å²) in [6, 6.07) is 13.3.